The van der Waals surface area contributed by atoms with Gasteiger partial charge in [0.15, 0.2) is 0 Å². The van der Waals surface area contributed by atoms with Crippen LogP contribution in [-0.4, -0.2) is 50.6 Å². The van der Waals surface area contributed by atoms with Gasteiger partial charge in [0.05, 0.1) is 17.0 Å². The number of amides is 3. The molecule has 9 nitrogen and oxygen atoms in total. The Morgan fingerprint density at radius 2 is 1.87 bits per heavy atom. The van der Waals surface area contributed by atoms with E-state index in [1.54, 1.807) is 19.9 Å². The van der Waals surface area contributed by atoms with Gasteiger partial charge in [0.1, 0.15) is 5.82 Å². The second-order valence-electron chi connectivity index (χ2n) is 7.18. The van der Waals surface area contributed by atoms with E-state index in [0.29, 0.717) is 30.9 Å². The fraction of sp³-hybridized carbons (Fsp3) is 0.238. The number of carbonyl (C=O) groups excluding carboxylic acids is 3. The SMILES string of the molecule is C=C1C(=O)N=C(n2nc(C)cc2NC(=O)C(=O)N2CCc3ccccc3C2)N=C1C. The Labute approximate surface area is 172 Å². The van der Waals surface area contributed by atoms with Crippen LogP contribution in [0.15, 0.2) is 52.5 Å². The molecule has 9 heteroatoms. The van der Waals surface area contributed by atoms with Gasteiger partial charge in [0, 0.05) is 19.2 Å². The Morgan fingerprint density at radius 1 is 1.13 bits per heavy atom. The van der Waals surface area contributed by atoms with Crippen LogP contribution in [0.25, 0.3) is 0 Å². The lowest BCUT2D eigenvalue weighted by Crippen LogP contribution is -2.42. The summed E-state index contributed by atoms with van der Waals surface area (Å²) in [6.07, 6.45) is 0.697. The summed E-state index contributed by atoms with van der Waals surface area (Å²) in [5, 5.41) is 6.82. The second kappa shape index (κ2) is 7.51. The van der Waals surface area contributed by atoms with Crippen LogP contribution in [0.5, 0.6) is 0 Å². The van der Waals surface area contributed by atoms with E-state index in [-0.39, 0.29) is 17.4 Å². The molecule has 0 atom stereocenters. The van der Waals surface area contributed by atoms with Gasteiger partial charge in [-0.2, -0.15) is 14.8 Å². The van der Waals surface area contributed by atoms with Gasteiger partial charge in [0.25, 0.3) is 11.9 Å². The van der Waals surface area contributed by atoms with Crippen molar-refractivity contribution >= 4 is 35.2 Å². The van der Waals surface area contributed by atoms with Gasteiger partial charge in [-0.15, -0.1) is 0 Å². The molecule has 1 N–H and O–H groups in total. The number of nitrogens with zero attached hydrogens (tertiary/aromatic N) is 5. The Kier molecular flexibility index (Phi) is 4.86. The molecule has 30 heavy (non-hydrogen) atoms. The number of benzene rings is 1. The maximum Gasteiger partial charge on any atom is 0.315 e. The van der Waals surface area contributed by atoms with Crippen molar-refractivity contribution in [1.29, 1.82) is 0 Å². The van der Waals surface area contributed by atoms with Crippen LogP contribution in [0.4, 0.5) is 5.82 Å². The molecular weight excluding hydrogens is 384 g/mol. The number of anilines is 1. The standard InChI is InChI=1S/C21H20N6O3/c1-12-10-17(27(25-12)21-22-14(3)13(2)18(28)24-21)23-19(29)20(30)26-9-8-15-6-4-5-7-16(15)11-26/h4-7,10H,2,8-9,11H2,1,3H3,(H,23,29). The maximum absolute atomic E-state index is 12.7. The normalized spacial score (nSPS) is 16.0. The van der Waals surface area contributed by atoms with Crippen molar-refractivity contribution in [2.45, 2.75) is 26.8 Å². The quantitative estimate of drug-likeness (QED) is 0.573. The number of hydrogen-bond donors (Lipinski definition) is 1. The zero-order valence-electron chi connectivity index (χ0n) is 16.7. The van der Waals surface area contributed by atoms with Gasteiger partial charge < -0.3 is 10.2 Å². The van der Waals surface area contributed by atoms with Crippen LogP contribution in [0, 0.1) is 6.92 Å². The van der Waals surface area contributed by atoms with E-state index in [1.165, 1.54) is 15.1 Å². The smallest absolute Gasteiger partial charge is 0.315 e. The molecule has 0 saturated heterocycles. The number of aryl methyl sites for hydroxylation is 1. The van der Waals surface area contributed by atoms with Crippen molar-refractivity contribution in [3.8, 4) is 0 Å². The summed E-state index contributed by atoms with van der Waals surface area (Å²) in [7, 11) is 0. The van der Waals surface area contributed by atoms with Crippen LogP contribution >= 0.6 is 0 Å². The molecule has 0 radical (unpaired) electrons. The molecule has 3 heterocycles. The molecule has 0 spiro atoms. The van der Waals surface area contributed by atoms with E-state index in [2.05, 4.69) is 27.0 Å². The molecule has 1 aromatic carbocycles. The van der Waals surface area contributed by atoms with Gasteiger partial charge >= 0.3 is 11.8 Å². The number of aromatic nitrogens is 2. The Bertz CT molecular complexity index is 1160. The average Bonchev–Trinajstić information content (AvgIpc) is 3.10. The lowest BCUT2D eigenvalue weighted by atomic mass is 10.00. The van der Waals surface area contributed by atoms with Gasteiger partial charge in [-0.25, -0.2) is 4.99 Å². The maximum atomic E-state index is 12.7. The van der Waals surface area contributed by atoms with Crippen molar-refractivity contribution in [1.82, 2.24) is 14.7 Å². The number of hydrogen-bond acceptors (Lipinski definition) is 5. The zero-order valence-corrected chi connectivity index (χ0v) is 16.7. The summed E-state index contributed by atoms with van der Waals surface area (Å²) >= 11 is 0. The molecule has 4 rings (SSSR count). The molecule has 0 bridgehead atoms. The molecule has 2 aliphatic rings. The van der Waals surface area contributed by atoms with Crippen molar-refractivity contribution in [2.75, 3.05) is 11.9 Å². The Morgan fingerprint density at radius 3 is 2.60 bits per heavy atom. The zero-order chi connectivity index (χ0) is 21.4. The first-order valence-corrected chi connectivity index (χ1v) is 9.45. The summed E-state index contributed by atoms with van der Waals surface area (Å²) in [5.41, 5.74) is 3.40. The highest BCUT2D eigenvalue weighted by Gasteiger charge is 2.27. The number of carbonyl (C=O) groups is 3. The van der Waals surface area contributed by atoms with E-state index in [0.717, 1.165) is 5.56 Å². The fourth-order valence-electron chi connectivity index (χ4n) is 3.37. The van der Waals surface area contributed by atoms with Crippen LogP contribution in [0.1, 0.15) is 23.7 Å². The minimum Gasteiger partial charge on any atom is -0.330 e. The topological polar surface area (TPSA) is 109 Å². The predicted molar refractivity (Wildman–Crippen MR) is 111 cm³/mol. The highest BCUT2D eigenvalue weighted by atomic mass is 16.2. The first-order valence-electron chi connectivity index (χ1n) is 9.45. The number of rotatable bonds is 1. The highest BCUT2D eigenvalue weighted by molar-refractivity contribution is 6.39. The van der Waals surface area contributed by atoms with Crippen molar-refractivity contribution in [3.05, 3.63) is 59.3 Å². The third-order valence-corrected chi connectivity index (χ3v) is 5.04. The molecule has 152 valence electrons. The minimum atomic E-state index is -0.789. The summed E-state index contributed by atoms with van der Waals surface area (Å²) in [6, 6.07) is 9.44. The minimum absolute atomic E-state index is 0.00708. The Hall–Kier alpha value is -3.88. The van der Waals surface area contributed by atoms with Gasteiger partial charge in [-0.3, -0.25) is 14.4 Å². The molecule has 2 aromatic rings. The molecule has 2 aliphatic heterocycles. The summed E-state index contributed by atoms with van der Waals surface area (Å²) < 4.78 is 1.24. The van der Waals surface area contributed by atoms with Gasteiger partial charge in [-0.05, 0) is 31.4 Å². The molecule has 0 unspecified atom stereocenters. The second-order valence-corrected chi connectivity index (χ2v) is 7.18. The van der Waals surface area contributed by atoms with E-state index >= 15 is 0 Å². The largest absolute Gasteiger partial charge is 0.330 e. The first kappa shape index (κ1) is 19.4. The number of fused-ring (bicyclic) bond motifs is 1. The summed E-state index contributed by atoms with van der Waals surface area (Å²) in [6.45, 7) is 7.84. The predicted octanol–water partition coefficient (Wildman–Crippen LogP) is 1.48. The van der Waals surface area contributed by atoms with E-state index < -0.39 is 17.7 Å². The molecule has 0 saturated carbocycles. The molecule has 0 aliphatic carbocycles. The third kappa shape index (κ3) is 3.57. The molecule has 1 aromatic heterocycles. The number of aliphatic imine (C=N–C) groups is 2. The van der Waals surface area contributed by atoms with Crippen molar-refractivity contribution in [3.63, 3.8) is 0 Å². The highest BCUT2D eigenvalue weighted by Crippen LogP contribution is 2.19. The van der Waals surface area contributed by atoms with E-state index in [1.807, 2.05) is 24.3 Å². The van der Waals surface area contributed by atoms with Crippen molar-refractivity contribution in [2.24, 2.45) is 9.98 Å². The Balaban J connectivity index is 1.54. The lowest BCUT2D eigenvalue weighted by molar-refractivity contribution is -0.143. The van der Waals surface area contributed by atoms with E-state index in [4.69, 9.17) is 0 Å². The van der Waals surface area contributed by atoms with Crippen LogP contribution in [0.3, 0.4) is 0 Å². The molecular formula is C21H20N6O3. The number of nitrogens with one attached hydrogen (secondary N) is 1. The van der Waals surface area contributed by atoms with Gasteiger partial charge in [-0.1, -0.05) is 30.8 Å². The summed E-state index contributed by atoms with van der Waals surface area (Å²) in [5.74, 6) is -1.73. The van der Waals surface area contributed by atoms with Crippen LogP contribution < -0.4 is 5.32 Å². The monoisotopic (exact) mass is 404 g/mol. The van der Waals surface area contributed by atoms with Crippen LogP contribution in [-0.2, 0) is 27.3 Å². The first-order chi connectivity index (χ1) is 14.3. The molecule has 3 amide bonds. The summed E-state index contributed by atoms with van der Waals surface area (Å²) in [4.78, 5) is 47.0. The molecule has 0 fully saturated rings. The van der Waals surface area contributed by atoms with Crippen molar-refractivity contribution < 1.29 is 14.4 Å². The lowest BCUT2D eigenvalue weighted by Gasteiger charge is -2.28. The third-order valence-electron chi connectivity index (χ3n) is 5.04. The van der Waals surface area contributed by atoms with E-state index in [9.17, 15) is 14.4 Å². The average molecular weight is 404 g/mol. The fourth-order valence-corrected chi connectivity index (χ4v) is 3.37. The van der Waals surface area contributed by atoms with Crippen LogP contribution in [0.2, 0.25) is 0 Å². The van der Waals surface area contributed by atoms with Gasteiger partial charge in [0.2, 0.25) is 0 Å².